The van der Waals surface area contributed by atoms with E-state index in [1.54, 1.807) is 11.1 Å². The smallest absolute Gasteiger partial charge is 0.0105 e. The molecule has 0 unspecified atom stereocenters. The molecule has 2 aliphatic carbocycles. The van der Waals surface area contributed by atoms with Gasteiger partial charge in [-0.15, -0.1) is 0 Å². The Morgan fingerprint density at radius 2 is 1.64 bits per heavy atom. The van der Waals surface area contributed by atoms with Crippen LogP contribution in [0, 0.1) is 5.41 Å². The molecular weight excluding hydrogens is 264 g/mol. The van der Waals surface area contributed by atoms with Crippen molar-refractivity contribution in [3.05, 3.63) is 47.5 Å². The summed E-state index contributed by atoms with van der Waals surface area (Å²) < 4.78 is 0. The van der Waals surface area contributed by atoms with Gasteiger partial charge in [-0.05, 0) is 58.9 Å². The Kier molecular flexibility index (Phi) is 5.67. The van der Waals surface area contributed by atoms with Crippen LogP contribution in [0.1, 0.15) is 77.3 Å². The predicted molar refractivity (Wildman–Crippen MR) is 99.7 cm³/mol. The SMILES string of the molecule is CC.CC.C[C@]12CCC[C@@H]1c1ccc3ccccc3c1CC2. The Labute approximate surface area is 136 Å². The minimum Gasteiger partial charge on any atom is -0.0683 e. The number of hydrogen-bond donors (Lipinski definition) is 0. The minimum absolute atomic E-state index is 0.593. The van der Waals surface area contributed by atoms with Gasteiger partial charge in [0.2, 0.25) is 0 Å². The third-order valence-electron chi connectivity index (χ3n) is 5.48. The summed E-state index contributed by atoms with van der Waals surface area (Å²) in [6.07, 6.45) is 6.93. The minimum atomic E-state index is 0.593. The summed E-state index contributed by atoms with van der Waals surface area (Å²) in [5, 5.41) is 2.92. The lowest BCUT2D eigenvalue weighted by Gasteiger charge is -2.38. The fourth-order valence-corrected chi connectivity index (χ4v) is 4.43. The van der Waals surface area contributed by atoms with Crippen molar-refractivity contribution in [2.75, 3.05) is 0 Å². The fraction of sp³-hybridized carbons (Fsp3) is 0.545. The second-order valence-electron chi connectivity index (χ2n) is 6.45. The third kappa shape index (κ3) is 2.81. The molecule has 0 N–H and O–H groups in total. The first-order valence-electron chi connectivity index (χ1n) is 9.28. The summed E-state index contributed by atoms with van der Waals surface area (Å²) in [6.45, 7) is 10.5. The van der Waals surface area contributed by atoms with E-state index in [1.807, 2.05) is 27.7 Å². The highest BCUT2D eigenvalue weighted by Gasteiger charge is 2.42. The van der Waals surface area contributed by atoms with Crippen molar-refractivity contribution in [3.63, 3.8) is 0 Å². The summed E-state index contributed by atoms with van der Waals surface area (Å²) in [5.74, 6) is 0.825. The van der Waals surface area contributed by atoms with Crippen molar-refractivity contribution in [1.82, 2.24) is 0 Å². The van der Waals surface area contributed by atoms with Gasteiger partial charge in [-0.25, -0.2) is 0 Å². The molecule has 0 aliphatic heterocycles. The molecule has 0 heterocycles. The maximum atomic E-state index is 2.52. The van der Waals surface area contributed by atoms with Crippen LogP contribution in [-0.4, -0.2) is 0 Å². The Balaban J connectivity index is 0.000000410. The standard InChI is InChI=1S/C18H20.2C2H6/c1-18-11-4-7-17(18)16-9-8-13-5-2-3-6-14(13)15(16)10-12-18;2*1-2/h2-3,5-6,8-9,17H,4,7,10-12H2,1H3;2*1-2H3/t17-,18-;;/m1../s1. The number of aryl methyl sites for hydroxylation is 1. The van der Waals surface area contributed by atoms with Crippen LogP contribution in [0.2, 0.25) is 0 Å². The molecule has 2 atom stereocenters. The third-order valence-corrected chi connectivity index (χ3v) is 5.48. The largest absolute Gasteiger partial charge is 0.0683 e. The van der Waals surface area contributed by atoms with Gasteiger partial charge in [0.1, 0.15) is 0 Å². The monoisotopic (exact) mass is 296 g/mol. The van der Waals surface area contributed by atoms with Gasteiger partial charge in [0.25, 0.3) is 0 Å². The molecule has 120 valence electrons. The number of hydrogen-bond acceptors (Lipinski definition) is 0. The van der Waals surface area contributed by atoms with Crippen LogP contribution in [0.4, 0.5) is 0 Å². The molecule has 0 radical (unpaired) electrons. The normalized spacial score (nSPS) is 25.2. The summed E-state index contributed by atoms with van der Waals surface area (Å²) in [5.41, 5.74) is 3.91. The molecule has 0 aromatic heterocycles. The molecule has 22 heavy (non-hydrogen) atoms. The summed E-state index contributed by atoms with van der Waals surface area (Å²) in [4.78, 5) is 0. The van der Waals surface area contributed by atoms with Gasteiger partial charge >= 0.3 is 0 Å². The van der Waals surface area contributed by atoms with Crippen molar-refractivity contribution in [1.29, 1.82) is 0 Å². The Hall–Kier alpha value is -1.30. The van der Waals surface area contributed by atoms with Crippen molar-refractivity contribution < 1.29 is 0 Å². The molecule has 4 rings (SSSR count). The maximum Gasteiger partial charge on any atom is -0.0105 e. The zero-order valence-corrected chi connectivity index (χ0v) is 15.1. The molecular formula is C22H32. The van der Waals surface area contributed by atoms with Gasteiger partial charge in [-0.2, -0.15) is 0 Å². The van der Waals surface area contributed by atoms with Crippen LogP contribution >= 0.6 is 0 Å². The highest BCUT2D eigenvalue weighted by atomic mass is 14.5. The summed E-state index contributed by atoms with van der Waals surface area (Å²) >= 11 is 0. The maximum absolute atomic E-state index is 2.52. The quantitative estimate of drug-likeness (QED) is 0.486. The average Bonchev–Trinajstić information content (AvgIpc) is 3.00. The second kappa shape index (κ2) is 7.31. The van der Waals surface area contributed by atoms with E-state index in [2.05, 4.69) is 43.3 Å². The summed E-state index contributed by atoms with van der Waals surface area (Å²) in [7, 11) is 0. The van der Waals surface area contributed by atoms with Gasteiger partial charge in [0, 0.05) is 0 Å². The molecule has 2 aromatic rings. The zero-order valence-electron chi connectivity index (χ0n) is 15.1. The van der Waals surface area contributed by atoms with E-state index >= 15 is 0 Å². The first-order chi connectivity index (χ1) is 10.8. The van der Waals surface area contributed by atoms with Crippen LogP contribution < -0.4 is 0 Å². The number of rotatable bonds is 0. The molecule has 0 nitrogen and oxygen atoms in total. The molecule has 0 spiro atoms. The van der Waals surface area contributed by atoms with Gasteiger partial charge < -0.3 is 0 Å². The highest BCUT2D eigenvalue weighted by molar-refractivity contribution is 5.87. The lowest BCUT2D eigenvalue weighted by atomic mass is 9.66. The predicted octanol–water partition coefficient (Wildman–Crippen LogP) is 7.11. The van der Waals surface area contributed by atoms with E-state index in [4.69, 9.17) is 0 Å². The van der Waals surface area contributed by atoms with Gasteiger partial charge in [0.05, 0.1) is 0 Å². The van der Waals surface area contributed by atoms with Gasteiger partial charge in [0.15, 0.2) is 0 Å². The van der Waals surface area contributed by atoms with Crippen LogP contribution in [0.3, 0.4) is 0 Å². The Morgan fingerprint density at radius 1 is 0.909 bits per heavy atom. The molecule has 0 heteroatoms. The first kappa shape index (κ1) is 17.1. The lowest BCUT2D eigenvalue weighted by Crippen LogP contribution is -2.26. The van der Waals surface area contributed by atoms with E-state index < -0.39 is 0 Å². The van der Waals surface area contributed by atoms with E-state index in [9.17, 15) is 0 Å². The van der Waals surface area contributed by atoms with Crippen molar-refractivity contribution in [2.45, 2.75) is 72.6 Å². The Morgan fingerprint density at radius 3 is 2.41 bits per heavy atom. The van der Waals surface area contributed by atoms with Crippen LogP contribution in [0.5, 0.6) is 0 Å². The lowest BCUT2D eigenvalue weighted by molar-refractivity contribution is 0.253. The summed E-state index contributed by atoms with van der Waals surface area (Å²) in [6, 6.07) is 13.6. The van der Waals surface area contributed by atoms with Crippen LogP contribution in [0.15, 0.2) is 36.4 Å². The van der Waals surface area contributed by atoms with E-state index in [0.29, 0.717) is 5.41 Å². The highest BCUT2D eigenvalue weighted by Crippen LogP contribution is 2.56. The fourth-order valence-electron chi connectivity index (χ4n) is 4.43. The number of benzene rings is 2. The van der Waals surface area contributed by atoms with Crippen molar-refractivity contribution in [3.8, 4) is 0 Å². The number of fused-ring (bicyclic) bond motifs is 5. The van der Waals surface area contributed by atoms with Crippen LogP contribution in [-0.2, 0) is 6.42 Å². The average molecular weight is 296 g/mol. The molecule has 0 bridgehead atoms. The van der Waals surface area contributed by atoms with Gasteiger partial charge in [-0.1, -0.05) is 77.4 Å². The Bertz CT molecular complexity index is 610. The first-order valence-corrected chi connectivity index (χ1v) is 9.28. The molecule has 0 amide bonds. The molecule has 2 aromatic carbocycles. The zero-order chi connectivity index (χ0) is 16.2. The van der Waals surface area contributed by atoms with E-state index in [1.165, 1.54) is 42.9 Å². The molecule has 0 saturated heterocycles. The van der Waals surface area contributed by atoms with Crippen LogP contribution in [0.25, 0.3) is 10.8 Å². The molecule has 1 fully saturated rings. The topological polar surface area (TPSA) is 0 Å². The van der Waals surface area contributed by atoms with E-state index in [-0.39, 0.29) is 0 Å². The second-order valence-corrected chi connectivity index (χ2v) is 6.45. The molecule has 1 saturated carbocycles. The van der Waals surface area contributed by atoms with E-state index in [0.717, 1.165) is 5.92 Å². The van der Waals surface area contributed by atoms with Crippen molar-refractivity contribution in [2.24, 2.45) is 5.41 Å². The van der Waals surface area contributed by atoms with Gasteiger partial charge in [-0.3, -0.25) is 0 Å². The van der Waals surface area contributed by atoms with Crippen molar-refractivity contribution >= 4 is 10.8 Å². The molecule has 2 aliphatic rings.